The van der Waals surface area contributed by atoms with Crippen LogP contribution in [0.15, 0.2) is 47.4 Å². The molecule has 158 valence electrons. The monoisotopic (exact) mass is 443 g/mol. The second kappa shape index (κ2) is 9.33. The van der Waals surface area contributed by atoms with E-state index in [0.29, 0.717) is 16.9 Å². The van der Waals surface area contributed by atoms with Crippen molar-refractivity contribution >= 4 is 37.3 Å². The fraction of sp³-hybridized carbons (Fsp3) is 0.278. The number of hydrogen-bond donors (Lipinski definition) is 3. The number of rotatable bonds is 9. The molecule has 0 aliphatic heterocycles. The topological polar surface area (TPSA) is 121 Å². The Morgan fingerprint density at radius 3 is 2.28 bits per heavy atom. The van der Waals surface area contributed by atoms with Crippen LogP contribution in [0.5, 0.6) is 0 Å². The van der Waals surface area contributed by atoms with Crippen LogP contribution in [0.4, 0.5) is 15.8 Å². The lowest BCUT2D eigenvalue weighted by Gasteiger charge is -2.12. The van der Waals surface area contributed by atoms with Crippen molar-refractivity contribution in [1.82, 2.24) is 4.72 Å². The van der Waals surface area contributed by atoms with Crippen LogP contribution in [0.3, 0.4) is 0 Å². The number of carbonyl (C=O) groups excluding carboxylic acids is 1. The maximum absolute atomic E-state index is 12.9. The first-order chi connectivity index (χ1) is 13.5. The maximum Gasteiger partial charge on any atom is 0.240 e. The molecule has 0 atom stereocenters. The third kappa shape index (κ3) is 6.80. The lowest BCUT2D eigenvalue weighted by Crippen LogP contribution is -2.27. The van der Waals surface area contributed by atoms with E-state index in [4.69, 9.17) is 0 Å². The zero-order valence-electron chi connectivity index (χ0n) is 15.9. The highest BCUT2D eigenvalue weighted by Gasteiger charge is 2.14. The van der Waals surface area contributed by atoms with Gasteiger partial charge < -0.3 is 5.32 Å². The number of amides is 1. The van der Waals surface area contributed by atoms with Crippen LogP contribution in [-0.2, 0) is 24.8 Å². The van der Waals surface area contributed by atoms with Gasteiger partial charge in [0.2, 0.25) is 26.0 Å². The molecule has 0 bridgehead atoms. The minimum absolute atomic E-state index is 0.0568. The van der Waals surface area contributed by atoms with Crippen molar-refractivity contribution in [2.75, 3.05) is 22.3 Å². The Balaban J connectivity index is 1.91. The van der Waals surface area contributed by atoms with Gasteiger partial charge in [-0.05, 0) is 61.9 Å². The predicted molar refractivity (Wildman–Crippen MR) is 109 cm³/mol. The van der Waals surface area contributed by atoms with Crippen LogP contribution in [0.1, 0.15) is 18.9 Å². The number of sulfonamides is 2. The number of hydrogen-bond acceptors (Lipinski definition) is 5. The number of anilines is 2. The molecule has 0 fully saturated rings. The van der Waals surface area contributed by atoms with Gasteiger partial charge >= 0.3 is 0 Å². The molecule has 0 radical (unpaired) electrons. The minimum atomic E-state index is -3.84. The molecule has 0 spiro atoms. The molecular formula is C18H22FN3O5S2. The van der Waals surface area contributed by atoms with Gasteiger partial charge in [0.05, 0.1) is 16.3 Å². The zero-order chi connectivity index (χ0) is 21.7. The zero-order valence-corrected chi connectivity index (χ0v) is 17.5. The quantitative estimate of drug-likeness (QED) is 0.549. The van der Waals surface area contributed by atoms with Crippen molar-refractivity contribution in [3.8, 4) is 0 Å². The standard InChI is InChI=1S/C18H22FN3O5S2/c1-3-28(24,25)22-17-9-6-15(12-13(17)2)21-18(23)10-11-20-29(26,27)16-7-4-14(19)5-8-16/h4-9,12,20,22H,3,10-11H2,1-2H3,(H,21,23). The van der Waals surface area contributed by atoms with E-state index in [1.165, 1.54) is 13.0 Å². The van der Waals surface area contributed by atoms with Crippen LogP contribution in [0.25, 0.3) is 0 Å². The van der Waals surface area contributed by atoms with Gasteiger partial charge in [-0.1, -0.05) is 0 Å². The van der Waals surface area contributed by atoms with Gasteiger partial charge in [-0.25, -0.2) is 25.9 Å². The van der Waals surface area contributed by atoms with Gasteiger partial charge in [-0.15, -0.1) is 0 Å². The van der Waals surface area contributed by atoms with Crippen LogP contribution >= 0.6 is 0 Å². The number of benzene rings is 2. The van der Waals surface area contributed by atoms with Crippen molar-refractivity contribution < 1.29 is 26.0 Å². The molecule has 11 heteroatoms. The van der Waals surface area contributed by atoms with Gasteiger partial charge in [0.25, 0.3) is 0 Å². The maximum atomic E-state index is 12.9. The fourth-order valence-corrected chi connectivity index (χ4v) is 4.06. The lowest BCUT2D eigenvalue weighted by atomic mass is 10.2. The molecule has 0 aromatic heterocycles. The molecule has 1 amide bonds. The SMILES string of the molecule is CCS(=O)(=O)Nc1ccc(NC(=O)CCNS(=O)(=O)c2ccc(F)cc2)cc1C. The van der Waals surface area contributed by atoms with Crippen molar-refractivity contribution in [1.29, 1.82) is 0 Å². The largest absolute Gasteiger partial charge is 0.326 e. The Labute approximate surface area is 169 Å². The first-order valence-electron chi connectivity index (χ1n) is 8.68. The molecule has 8 nitrogen and oxygen atoms in total. The molecule has 29 heavy (non-hydrogen) atoms. The molecule has 2 aromatic rings. The second-order valence-electron chi connectivity index (χ2n) is 6.19. The van der Waals surface area contributed by atoms with E-state index in [-0.39, 0.29) is 23.6 Å². The minimum Gasteiger partial charge on any atom is -0.326 e. The Bertz CT molecular complexity index is 1080. The molecule has 2 rings (SSSR count). The third-order valence-electron chi connectivity index (χ3n) is 3.92. The van der Waals surface area contributed by atoms with Crippen molar-refractivity contribution in [3.05, 3.63) is 53.8 Å². The summed E-state index contributed by atoms with van der Waals surface area (Å²) in [6.07, 6.45) is -0.121. The second-order valence-corrected chi connectivity index (χ2v) is 9.96. The Hall–Kier alpha value is -2.50. The van der Waals surface area contributed by atoms with E-state index in [2.05, 4.69) is 14.8 Å². The molecular weight excluding hydrogens is 421 g/mol. The number of aryl methyl sites for hydroxylation is 1. The summed E-state index contributed by atoms with van der Waals surface area (Å²) in [5.74, 6) is -1.03. The predicted octanol–water partition coefficient (Wildman–Crippen LogP) is 2.20. The Kier molecular flexibility index (Phi) is 7.33. The highest BCUT2D eigenvalue weighted by atomic mass is 32.2. The first kappa shape index (κ1) is 22.8. The molecule has 3 N–H and O–H groups in total. The molecule has 0 saturated heterocycles. The van der Waals surface area contributed by atoms with Crippen LogP contribution in [0, 0.1) is 12.7 Å². The van der Waals surface area contributed by atoms with Crippen LogP contribution in [-0.4, -0.2) is 35.0 Å². The lowest BCUT2D eigenvalue weighted by molar-refractivity contribution is -0.116. The molecule has 0 unspecified atom stereocenters. The first-order valence-corrected chi connectivity index (χ1v) is 11.8. The average molecular weight is 444 g/mol. The summed E-state index contributed by atoms with van der Waals surface area (Å²) in [5.41, 5.74) is 1.49. The highest BCUT2D eigenvalue weighted by Crippen LogP contribution is 2.21. The van der Waals surface area contributed by atoms with Gasteiger partial charge in [0.15, 0.2) is 0 Å². The molecule has 2 aromatic carbocycles. The summed E-state index contributed by atoms with van der Waals surface area (Å²) in [7, 11) is -7.25. The Morgan fingerprint density at radius 2 is 1.69 bits per heavy atom. The van der Waals surface area contributed by atoms with Gasteiger partial charge in [-0.3, -0.25) is 9.52 Å². The van der Waals surface area contributed by atoms with Gasteiger partial charge in [0, 0.05) is 18.7 Å². The summed E-state index contributed by atoms with van der Waals surface area (Å²) >= 11 is 0. The van der Waals surface area contributed by atoms with Gasteiger partial charge in [0.1, 0.15) is 5.82 Å². The van der Waals surface area contributed by atoms with E-state index in [1.807, 2.05) is 0 Å². The molecule has 0 aliphatic rings. The number of nitrogens with one attached hydrogen (secondary N) is 3. The van der Waals surface area contributed by atoms with Gasteiger partial charge in [-0.2, -0.15) is 0 Å². The van der Waals surface area contributed by atoms with Crippen LogP contribution < -0.4 is 14.8 Å². The summed E-state index contributed by atoms with van der Waals surface area (Å²) < 4.78 is 65.1. The van der Waals surface area contributed by atoms with Crippen molar-refractivity contribution in [2.24, 2.45) is 0 Å². The van der Waals surface area contributed by atoms with E-state index < -0.39 is 31.8 Å². The van der Waals surface area contributed by atoms with E-state index >= 15 is 0 Å². The number of carbonyl (C=O) groups is 1. The summed E-state index contributed by atoms with van der Waals surface area (Å²) in [5, 5.41) is 2.62. The molecule has 0 saturated carbocycles. The summed E-state index contributed by atoms with van der Waals surface area (Å²) in [6.45, 7) is 3.08. The Morgan fingerprint density at radius 1 is 1.03 bits per heavy atom. The summed E-state index contributed by atoms with van der Waals surface area (Å²) in [6, 6.07) is 9.02. The van der Waals surface area contributed by atoms with Crippen molar-refractivity contribution in [3.63, 3.8) is 0 Å². The van der Waals surface area contributed by atoms with E-state index in [9.17, 15) is 26.0 Å². The fourth-order valence-electron chi connectivity index (χ4n) is 2.32. The molecule has 0 aliphatic carbocycles. The highest BCUT2D eigenvalue weighted by molar-refractivity contribution is 7.92. The van der Waals surface area contributed by atoms with E-state index in [0.717, 1.165) is 24.3 Å². The number of halogens is 1. The molecule has 0 heterocycles. The average Bonchev–Trinajstić information content (AvgIpc) is 2.64. The normalized spacial score (nSPS) is 11.8. The smallest absolute Gasteiger partial charge is 0.240 e. The summed E-state index contributed by atoms with van der Waals surface area (Å²) in [4.78, 5) is 11.9. The van der Waals surface area contributed by atoms with Crippen LogP contribution in [0.2, 0.25) is 0 Å². The van der Waals surface area contributed by atoms with Crippen molar-refractivity contribution in [2.45, 2.75) is 25.2 Å². The van der Waals surface area contributed by atoms with E-state index in [1.54, 1.807) is 19.1 Å². The third-order valence-corrected chi connectivity index (χ3v) is 6.69.